The summed E-state index contributed by atoms with van der Waals surface area (Å²) in [7, 11) is 0. The molecule has 0 rings (SSSR count). The van der Waals surface area contributed by atoms with E-state index in [4.69, 9.17) is 9.84 Å². The van der Waals surface area contributed by atoms with Crippen LogP contribution in [0.2, 0.25) is 0 Å². The number of allylic oxidation sites excluding steroid dienone is 4. The number of rotatable bonds is 37. The zero-order chi connectivity index (χ0) is 35.2. The van der Waals surface area contributed by atoms with E-state index in [9.17, 15) is 14.4 Å². The van der Waals surface area contributed by atoms with E-state index in [2.05, 4.69) is 43.5 Å². The Morgan fingerprint density at radius 3 is 1.50 bits per heavy atom. The first-order valence-electron chi connectivity index (χ1n) is 20.5. The maximum Gasteiger partial charge on any atom is 0.322 e. The van der Waals surface area contributed by atoms with Gasteiger partial charge in [-0.15, -0.1) is 0 Å². The van der Waals surface area contributed by atoms with Crippen LogP contribution in [0, 0.1) is 0 Å². The Balaban J connectivity index is 4.19. The molecule has 0 aromatic heterocycles. The van der Waals surface area contributed by atoms with Crippen LogP contribution < -0.4 is 5.32 Å². The minimum atomic E-state index is -1.02. The number of unbranched alkanes of at least 4 members (excludes halogenated alkanes) is 22. The molecule has 0 aliphatic heterocycles. The van der Waals surface area contributed by atoms with Crippen LogP contribution in [0.25, 0.3) is 0 Å². The van der Waals surface area contributed by atoms with Crippen molar-refractivity contribution in [2.45, 2.75) is 219 Å². The van der Waals surface area contributed by atoms with Gasteiger partial charge in [-0.25, -0.2) is 0 Å². The zero-order valence-corrected chi connectivity index (χ0v) is 31.6. The topological polar surface area (TPSA) is 92.7 Å². The first-order chi connectivity index (χ1) is 23.5. The van der Waals surface area contributed by atoms with Crippen LogP contribution in [-0.4, -0.2) is 35.6 Å². The molecule has 0 bridgehead atoms. The highest BCUT2D eigenvalue weighted by atomic mass is 16.5. The summed E-state index contributed by atoms with van der Waals surface area (Å²) in [5.74, 6) is -1.24. The molecule has 48 heavy (non-hydrogen) atoms. The minimum Gasteiger partial charge on any atom is -0.480 e. The van der Waals surface area contributed by atoms with Crippen molar-refractivity contribution in [1.82, 2.24) is 5.32 Å². The van der Waals surface area contributed by atoms with Crippen molar-refractivity contribution in [3.05, 3.63) is 24.3 Å². The summed E-state index contributed by atoms with van der Waals surface area (Å²) >= 11 is 0. The first kappa shape index (κ1) is 45.9. The normalized spacial score (nSPS) is 12.2. The number of carboxylic acids is 1. The summed E-state index contributed by atoms with van der Waals surface area (Å²) in [6, 6.07) is 0. The largest absolute Gasteiger partial charge is 0.480 e. The average molecular weight is 676 g/mol. The van der Waals surface area contributed by atoms with E-state index in [0.717, 1.165) is 77.0 Å². The number of hydrogen-bond donors (Lipinski definition) is 2. The van der Waals surface area contributed by atoms with Crippen LogP contribution in [0.3, 0.4) is 0 Å². The van der Waals surface area contributed by atoms with Crippen molar-refractivity contribution >= 4 is 17.8 Å². The van der Waals surface area contributed by atoms with Gasteiger partial charge >= 0.3 is 11.9 Å². The average Bonchev–Trinajstić information content (AvgIpc) is 3.07. The number of nitrogens with one attached hydrogen (secondary N) is 1. The summed E-state index contributed by atoms with van der Waals surface area (Å²) < 4.78 is 6.01. The van der Waals surface area contributed by atoms with Gasteiger partial charge in [-0.1, -0.05) is 160 Å². The van der Waals surface area contributed by atoms with Crippen LogP contribution in [0.4, 0.5) is 0 Å². The fourth-order valence-corrected chi connectivity index (χ4v) is 6.06. The van der Waals surface area contributed by atoms with E-state index in [1.807, 2.05) is 0 Å². The van der Waals surface area contributed by atoms with E-state index < -0.39 is 5.97 Å². The lowest BCUT2D eigenvalue weighted by atomic mass is 10.0. The van der Waals surface area contributed by atoms with Crippen LogP contribution in [-0.2, 0) is 19.1 Å². The fourth-order valence-electron chi connectivity index (χ4n) is 6.06. The summed E-state index contributed by atoms with van der Waals surface area (Å²) in [5, 5.41) is 11.1. The van der Waals surface area contributed by atoms with Gasteiger partial charge < -0.3 is 15.2 Å². The third kappa shape index (κ3) is 36.7. The van der Waals surface area contributed by atoms with E-state index in [1.54, 1.807) is 0 Å². The number of hydrogen-bond acceptors (Lipinski definition) is 4. The van der Waals surface area contributed by atoms with Gasteiger partial charge in [0.25, 0.3) is 0 Å². The Labute approximate surface area is 296 Å². The fraction of sp³-hybridized carbons (Fsp3) is 0.833. The van der Waals surface area contributed by atoms with E-state index in [0.29, 0.717) is 12.8 Å². The third-order valence-electron chi connectivity index (χ3n) is 9.13. The molecule has 0 spiro atoms. The van der Waals surface area contributed by atoms with Gasteiger partial charge in [0.2, 0.25) is 5.91 Å². The molecule has 0 radical (unpaired) electrons. The van der Waals surface area contributed by atoms with Gasteiger partial charge in [0, 0.05) is 12.8 Å². The van der Waals surface area contributed by atoms with E-state index in [-0.39, 0.29) is 24.5 Å². The lowest BCUT2D eigenvalue weighted by molar-refractivity contribution is -0.150. The maximum atomic E-state index is 12.7. The Bertz CT molecular complexity index is 793. The monoisotopic (exact) mass is 676 g/mol. The molecule has 0 heterocycles. The number of amides is 1. The van der Waals surface area contributed by atoms with Crippen molar-refractivity contribution in [3.8, 4) is 0 Å². The molecule has 1 amide bonds. The molecule has 0 aliphatic rings. The summed E-state index contributed by atoms with van der Waals surface area (Å²) in [4.78, 5) is 35.0. The molecule has 280 valence electrons. The van der Waals surface area contributed by atoms with Gasteiger partial charge in [0.1, 0.15) is 12.6 Å². The molecule has 0 aromatic carbocycles. The predicted octanol–water partition coefficient (Wildman–Crippen LogP) is 12.3. The number of carbonyl (C=O) groups excluding carboxylic acids is 2. The molecule has 1 unspecified atom stereocenters. The molecule has 6 nitrogen and oxygen atoms in total. The Hall–Kier alpha value is -2.11. The van der Waals surface area contributed by atoms with E-state index in [1.165, 1.54) is 109 Å². The predicted molar refractivity (Wildman–Crippen MR) is 203 cm³/mol. The number of carbonyl (C=O) groups is 3. The van der Waals surface area contributed by atoms with Crippen LogP contribution in [0.5, 0.6) is 0 Å². The van der Waals surface area contributed by atoms with Gasteiger partial charge in [0.15, 0.2) is 0 Å². The highest BCUT2D eigenvalue weighted by molar-refractivity contribution is 5.80. The molecule has 6 heteroatoms. The number of ether oxygens (including phenoxy) is 1. The van der Waals surface area contributed by atoms with Gasteiger partial charge in [0.05, 0.1) is 0 Å². The molecule has 0 aliphatic carbocycles. The molecule has 1 atom stereocenters. The molecule has 0 saturated heterocycles. The lowest BCUT2D eigenvalue weighted by Crippen LogP contribution is -2.28. The van der Waals surface area contributed by atoms with Gasteiger partial charge in [-0.3, -0.25) is 14.4 Å². The summed E-state index contributed by atoms with van der Waals surface area (Å²) in [6.45, 7) is 4.19. The molecule has 2 N–H and O–H groups in total. The van der Waals surface area contributed by atoms with Crippen molar-refractivity contribution in [3.63, 3.8) is 0 Å². The third-order valence-corrected chi connectivity index (χ3v) is 9.13. The highest BCUT2D eigenvalue weighted by Gasteiger charge is 2.14. The lowest BCUT2D eigenvalue weighted by Gasteiger charge is -2.18. The second-order valence-electron chi connectivity index (χ2n) is 13.9. The Kier molecular flexibility index (Phi) is 36.0. The number of esters is 1. The smallest absolute Gasteiger partial charge is 0.322 e. The molecule has 0 aromatic rings. The standard InChI is InChI=1S/C42H77NO5/c1-3-5-7-9-11-13-15-17-18-20-22-24-29-33-37-42(47)48-39(34-30-26-23-21-19-16-14-12-10-8-6-4-2)35-31-27-25-28-32-36-40(44)43-38-41(45)46/h9,11,15,17,39H,3-8,10,12-14,16,18-38H2,1-2H3,(H,43,44)(H,45,46)/b11-9-,17-15-. The first-order valence-corrected chi connectivity index (χ1v) is 20.5. The van der Waals surface area contributed by atoms with Gasteiger partial charge in [-0.2, -0.15) is 0 Å². The minimum absolute atomic E-state index is 0.0238. The summed E-state index contributed by atoms with van der Waals surface area (Å²) in [6.07, 6.45) is 44.3. The van der Waals surface area contributed by atoms with Crippen LogP contribution in [0.15, 0.2) is 24.3 Å². The van der Waals surface area contributed by atoms with Crippen LogP contribution >= 0.6 is 0 Å². The Morgan fingerprint density at radius 2 is 0.979 bits per heavy atom. The highest BCUT2D eigenvalue weighted by Crippen LogP contribution is 2.19. The second-order valence-corrected chi connectivity index (χ2v) is 13.9. The van der Waals surface area contributed by atoms with Crippen molar-refractivity contribution < 1.29 is 24.2 Å². The second kappa shape index (κ2) is 37.7. The number of aliphatic carboxylic acids is 1. The van der Waals surface area contributed by atoms with Gasteiger partial charge in [-0.05, 0) is 64.2 Å². The molecule has 0 fully saturated rings. The quantitative estimate of drug-likeness (QED) is 0.0388. The molecule has 0 saturated carbocycles. The van der Waals surface area contributed by atoms with Crippen LogP contribution in [0.1, 0.15) is 213 Å². The zero-order valence-electron chi connectivity index (χ0n) is 31.6. The molecular formula is C42H77NO5. The van der Waals surface area contributed by atoms with Crippen molar-refractivity contribution in [1.29, 1.82) is 0 Å². The summed E-state index contributed by atoms with van der Waals surface area (Å²) in [5.41, 5.74) is 0. The van der Waals surface area contributed by atoms with Crippen molar-refractivity contribution in [2.75, 3.05) is 6.54 Å². The SMILES string of the molecule is CCCC/C=C\C/C=C\CCCCCCCC(=O)OC(CCCCCCCCCCCCCC)CCCCCCCC(=O)NCC(=O)O. The van der Waals surface area contributed by atoms with E-state index >= 15 is 0 Å². The number of carboxylic acid groups (broad SMARTS) is 1. The van der Waals surface area contributed by atoms with Crippen molar-refractivity contribution in [2.24, 2.45) is 0 Å². The molecular weight excluding hydrogens is 598 g/mol. The Morgan fingerprint density at radius 1 is 0.542 bits per heavy atom. The maximum absolute atomic E-state index is 12.7.